The quantitative estimate of drug-likeness (QED) is 0.362. The standard InChI is InChI=1S/C14H21N5O/c15-14(17-20)11-4-5-16-13(9-11)19-8-2-7-18-6-1-3-12(18)10-19/h4-5,9,12,20H,1-3,6-8,10H2,(H2,15,17). The van der Waals surface area contributed by atoms with Crippen LogP contribution in [0.5, 0.6) is 0 Å². The van der Waals surface area contributed by atoms with Crippen molar-refractivity contribution in [3.8, 4) is 0 Å². The number of amidine groups is 1. The number of rotatable bonds is 2. The summed E-state index contributed by atoms with van der Waals surface area (Å²) >= 11 is 0. The summed E-state index contributed by atoms with van der Waals surface area (Å²) in [5, 5.41) is 11.8. The molecule has 2 saturated heterocycles. The zero-order valence-corrected chi connectivity index (χ0v) is 11.6. The molecule has 2 fully saturated rings. The molecule has 0 bridgehead atoms. The van der Waals surface area contributed by atoms with Crippen molar-refractivity contribution in [2.75, 3.05) is 31.1 Å². The first-order chi connectivity index (χ1) is 9.78. The van der Waals surface area contributed by atoms with Gasteiger partial charge in [-0.2, -0.15) is 0 Å². The molecule has 3 rings (SSSR count). The highest BCUT2D eigenvalue weighted by molar-refractivity contribution is 5.97. The van der Waals surface area contributed by atoms with Crippen molar-refractivity contribution in [3.05, 3.63) is 23.9 Å². The van der Waals surface area contributed by atoms with Gasteiger partial charge in [0.15, 0.2) is 5.84 Å². The Bertz CT molecular complexity index is 504. The molecule has 0 saturated carbocycles. The maximum absolute atomic E-state index is 8.78. The number of hydrogen-bond donors (Lipinski definition) is 2. The molecule has 6 nitrogen and oxygen atoms in total. The molecular weight excluding hydrogens is 254 g/mol. The van der Waals surface area contributed by atoms with E-state index in [1.165, 1.54) is 25.9 Å². The first-order valence-electron chi connectivity index (χ1n) is 7.21. The number of nitrogens with two attached hydrogens (primary N) is 1. The van der Waals surface area contributed by atoms with E-state index in [0.29, 0.717) is 11.6 Å². The van der Waals surface area contributed by atoms with Crippen LogP contribution in [0.3, 0.4) is 0 Å². The Balaban J connectivity index is 1.81. The summed E-state index contributed by atoms with van der Waals surface area (Å²) in [5.74, 6) is 1.05. The van der Waals surface area contributed by atoms with E-state index in [4.69, 9.17) is 10.9 Å². The zero-order chi connectivity index (χ0) is 13.9. The third-order valence-electron chi connectivity index (χ3n) is 4.28. The molecule has 0 aliphatic carbocycles. The summed E-state index contributed by atoms with van der Waals surface area (Å²) in [7, 11) is 0. The van der Waals surface area contributed by atoms with Crippen LogP contribution >= 0.6 is 0 Å². The van der Waals surface area contributed by atoms with Crippen molar-refractivity contribution < 1.29 is 5.21 Å². The Morgan fingerprint density at radius 1 is 1.35 bits per heavy atom. The number of anilines is 1. The third-order valence-corrected chi connectivity index (χ3v) is 4.28. The monoisotopic (exact) mass is 275 g/mol. The molecule has 2 aliphatic rings. The lowest BCUT2D eigenvalue weighted by Gasteiger charge is -2.26. The minimum Gasteiger partial charge on any atom is -0.409 e. The molecule has 3 N–H and O–H groups in total. The number of aromatic nitrogens is 1. The molecule has 6 heteroatoms. The maximum Gasteiger partial charge on any atom is 0.170 e. The molecule has 20 heavy (non-hydrogen) atoms. The fraction of sp³-hybridized carbons (Fsp3) is 0.571. The highest BCUT2D eigenvalue weighted by atomic mass is 16.4. The van der Waals surface area contributed by atoms with Crippen molar-refractivity contribution in [1.82, 2.24) is 9.88 Å². The number of pyridine rings is 1. The van der Waals surface area contributed by atoms with Gasteiger partial charge in [-0.15, -0.1) is 0 Å². The van der Waals surface area contributed by atoms with Crippen LogP contribution in [0, 0.1) is 0 Å². The summed E-state index contributed by atoms with van der Waals surface area (Å²) in [6, 6.07) is 4.31. The van der Waals surface area contributed by atoms with Crippen LogP contribution in [0.2, 0.25) is 0 Å². The van der Waals surface area contributed by atoms with Gasteiger partial charge in [0, 0.05) is 37.4 Å². The lowest BCUT2D eigenvalue weighted by molar-refractivity contribution is 0.273. The summed E-state index contributed by atoms with van der Waals surface area (Å²) in [6.45, 7) is 4.45. The summed E-state index contributed by atoms with van der Waals surface area (Å²) < 4.78 is 0. The second-order valence-corrected chi connectivity index (χ2v) is 5.52. The minimum atomic E-state index is 0.131. The van der Waals surface area contributed by atoms with Gasteiger partial charge in [0.2, 0.25) is 0 Å². The highest BCUT2D eigenvalue weighted by Crippen LogP contribution is 2.24. The summed E-state index contributed by atoms with van der Waals surface area (Å²) in [4.78, 5) is 9.37. The van der Waals surface area contributed by atoms with Crippen LogP contribution < -0.4 is 10.6 Å². The number of nitrogens with zero attached hydrogens (tertiary/aromatic N) is 4. The average Bonchev–Trinajstić information content (AvgIpc) is 2.83. The number of hydrogen-bond acceptors (Lipinski definition) is 5. The summed E-state index contributed by atoms with van der Waals surface area (Å²) in [5.41, 5.74) is 6.37. The van der Waals surface area contributed by atoms with Crippen molar-refractivity contribution in [1.29, 1.82) is 0 Å². The molecule has 0 aromatic carbocycles. The molecule has 0 radical (unpaired) electrons. The molecule has 0 amide bonds. The maximum atomic E-state index is 8.78. The first kappa shape index (κ1) is 13.2. The van der Waals surface area contributed by atoms with Gasteiger partial charge >= 0.3 is 0 Å². The van der Waals surface area contributed by atoms with Gasteiger partial charge in [-0.05, 0) is 37.9 Å². The SMILES string of the molecule is NC(=NO)c1ccnc(N2CCCN3CCCC3C2)c1. The molecule has 1 aromatic heterocycles. The highest BCUT2D eigenvalue weighted by Gasteiger charge is 2.29. The molecule has 1 unspecified atom stereocenters. The molecule has 2 aliphatic heterocycles. The Kier molecular flexibility index (Phi) is 3.73. The molecular formula is C14H21N5O. The smallest absolute Gasteiger partial charge is 0.170 e. The van der Waals surface area contributed by atoms with Gasteiger partial charge in [-0.3, -0.25) is 4.90 Å². The normalized spacial score (nSPS) is 24.5. The van der Waals surface area contributed by atoms with Crippen LogP contribution in [0.1, 0.15) is 24.8 Å². The summed E-state index contributed by atoms with van der Waals surface area (Å²) in [6.07, 6.45) is 5.46. The molecule has 1 aromatic rings. The molecule has 3 heterocycles. The minimum absolute atomic E-state index is 0.131. The van der Waals surface area contributed by atoms with Crippen LogP contribution in [-0.2, 0) is 0 Å². The average molecular weight is 275 g/mol. The molecule has 0 spiro atoms. The van der Waals surface area contributed by atoms with Gasteiger partial charge in [-0.1, -0.05) is 5.16 Å². The third kappa shape index (κ3) is 2.56. The predicted octanol–water partition coefficient (Wildman–Crippen LogP) is 0.851. The van der Waals surface area contributed by atoms with Crippen LogP contribution in [0.25, 0.3) is 0 Å². The Morgan fingerprint density at radius 2 is 2.20 bits per heavy atom. The first-order valence-corrected chi connectivity index (χ1v) is 7.21. The fourth-order valence-electron chi connectivity index (χ4n) is 3.22. The van der Waals surface area contributed by atoms with Crippen LogP contribution in [0.4, 0.5) is 5.82 Å². The number of fused-ring (bicyclic) bond motifs is 1. The van der Waals surface area contributed by atoms with Crippen LogP contribution in [0.15, 0.2) is 23.5 Å². The van der Waals surface area contributed by atoms with E-state index in [0.717, 1.165) is 25.3 Å². The number of oxime groups is 1. The zero-order valence-electron chi connectivity index (χ0n) is 11.6. The van der Waals surface area contributed by atoms with Gasteiger partial charge in [0.25, 0.3) is 0 Å². The molecule has 1 atom stereocenters. The van der Waals surface area contributed by atoms with E-state index in [1.54, 1.807) is 12.3 Å². The van der Waals surface area contributed by atoms with Crippen molar-refractivity contribution in [2.45, 2.75) is 25.3 Å². The van der Waals surface area contributed by atoms with Crippen molar-refractivity contribution in [3.63, 3.8) is 0 Å². The van der Waals surface area contributed by atoms with Crippen molar-refractivity contribution >= 4 is 11.7 Å². The van der Waals surface area contributed by atoms with E-state index in [-0.39, 0.29) is 5.84 Å². The van der Waals surface area contributed by atoms with E-state index in [2.05, 4.69) is 19.9 Å². The second kappa shape index (κ2) is 5.66. The van der Waals surface area contributed by atoms with Crippen molar-refractivity contribution in [2.24, 2.45) is 10.9 Å². The Morgan fingerprint density at radius 3 is 3.05 bits per heavy atom. The van der Waals surface area contributed by atoms with E-state index in [1.807, 2.05) is 6.07 Å². The lowest BCUT2D eigenvalue weighted by Crippen LogP contribution is -2.37. The van der Waals surface area contributed by atoms with E-state index < -0.39 is 0 Å². The van der Waals surface area contributed by atoms with E-state index >= 15 is 0 Å². The van der Waals surface area contributed by atoms with Gasteiger partial charge < -0.3 is 15.8 Å². The second-order valence-electron chi connectivity index (χ2n) is 5.52. The van der Waals surface area contributed by atoms with E-state index in [9.17, 15) is 0 Å². The largest absolute Gasteiger partial charge is 0.409 e. The van der Waals surface area contributed by atoms with Crippen LogP contribution in [-0.4, -0.2) is 53.1 Å². The Labute approximate surface area is 118 Å². The van der Waals surface area contributed by atoms with Gasteiger partial charge in [0.1, 0.15) is 5.82 Å². The fourth-order valence-corrected chi connectivity index (χ4v) is 3.22. The Hall–Kier alpha value is -1.82. The molecule has 108 valence electrons. The van der Waals surface area contributed by atoms with Gasteiger partial charge in [-0.25, -0.2) is 4.98 Å². The predicted molar refractivity (Wildman–Crippen MR) is 78.2 cm³/mol. The van der Waals surface area contributed by atoms with Gasteiger partial charge in [0.05, 0.1) is 0 Å². The lowest BCUT2D eigenvalue weighted by atomic mass is 10.2. The topological polar surface area (TPSA) is 78.0 Å².